The zero-order valence-corrected chi connectivity index (χ0v) is 8.57. The zero-order valence-electron chi connectivity index (χ0n) is 8.57. The summed E-state index contributed by atoms with van der Waals surface area (Å²) < 4.78 is 11.8. The molecule has 0 amide bonds. The van der Waals surface area contributed by atoms with E-state index in [1.54, 1.807) is 24.3 Å². The maximum Gasteiger partial charge on any atom is 0.356 e. The molecular formula is C12H13FO2. The zero-order chi connectivity index (χ0) is 11.3. The molecule has 0 aliphatic rings. The van der Waals surface area contributed by atoms with Gasteiger partial charge in [-0.15, -0.1) is 0 Å². The predicted octanol–water partition coefficient (Wildman–Crippen LogP) is 3.25. The quantitative estimate of drug-likeness (QED) is 0.759. The summed E-state index contributed by atoms with van der Waals surface area (Å²) in [6.07, 6.45) is 2.18. The van der Waals surface area contributed by atoms with Gasteiger partial charge < -0.3 is 0 Å². The fraction of sp³-hybridized carbons (Fsp3) is 0.250. The van der Waals surface area contributed by atoms with Gasteiger partial charge in [0, 0.05) is 4.53 Å². The maximum absolute atomic E-state index is 11.8. The van der Waals surface area contributed by atoms with E-state index in [0.29, 0.717) is 6.42 Å². The molecule has 80 valence electrons. The molecule has 0 radical (unpaired) electrons. The Morgan fingerprint density at radius 2 is 2.40 bits per heavy atom. The standard InChI is InChI=1S/C12H13FO2/c1-3-9-6-5-7-10(8-9)11(4-2)12(14)15-13/h3,5-8,11H,1,4H2,2H3. The van der Waals surface area contributed by atoms with Gasteiger partial charge >= 0.3 is 5.97 Å². The highest BCUT2D eigenvalue weighted by Crippen LogP contribution is 2.22. The monoisotopic (exact) mass is 208 g/mol. The molecule has 0 spiro atoms. The normalized spacial score (nSPS) is 11.9. The highest BCUT2D eigenvalue weighted by atomic mass is 19.3. The van der Waals surface area contributed by atoms with Crippen LogP contribution >= 0.6 is 0 Å². The van der Waals surface area contributed by atoms with Crippen LogP contribution in [0.15, 0.2) is 30.8 Å². The van der Waals surface area contributed by atoms with Crippen LogP contribution in [-0.4, -0.2) is 5.97 Å². The Morgan fingerprint density at radius 1 is 1.67 bits per heavy atom. The maximum atomic E-state index is 11.8. The molecule has 0 heterocycles. The molecular weight excluding hydrogens is 195 g/mol. The Bertz CT molecular complexity index is 360. The lowest BCUT2D eigenvalue weighted by molar-refractivity contribution is -0.185. The van der Waals surface area contributed by atoms with Crippen molar-refractivity contribution in [1.82, 2.24) is 0 Å². The van der Waals surface area contributed by atoms with E-state index in [1.807, 2.05) is 13.0 Å². The molecule has 0 bridgehead atoms. The summed E-state index contributed by atoms with van der Waals surface area (Å²) in [6.45, 7) is 5.44. The Labute approximate surface area is 88.3 Å². The minimum atomic E-state index is -0.848. The van der Waals surface area contributed by atoms with Crippen molar-refractivity contribution in [3.05, 3.63) is 42.0 Å². The van der Waals surface area contributed by atoms with Crippen molar-refractivity contribution >= 4 is 12.0 Å². The predicted molar refractivity (Wildman–Crippen MR) is 56.8 cm³/mol. The summed E-state index contributed by atoms with van der Waals surface area (Å²) in [7, 11) is 0. The van der Waals surface area contributed by atoms with Crippen LogP contribution in [0.2, 0.25) is 0 Å². The molecule has 3 heteroatoms. The number of hydrogen-bond donors (Lipinski definition) is 0. The van der Waals surface area contributed by atoms with Crippen molar-refractivity contribution in [2.75, 3.05) is 0 Å². The molecule has 0 aliphatic carbocycles. The van der Waals surface area contributed by atoms with Crippen molar-refractivity contribution in [3.63, 3.8) is 0 Å². The summed E-state index contributed by atoms with van der Waals surface area (Å²) in [4.78, 5) is 14.4. The van der Waals surface area contributed by atoms with Crippen LogP contribution in [-0.2, 0) is 9.74 Å². The van der Waals surface area contributed by atoms with Crippen molar-refractivity contribution < 1.29 is 14.3 Å². The fourth-order valence-electron chi connectivity index (χ4n) is 1.49. The van der Waals surface area contributed by atoms with E-state index >= 15 is 0 Å². The van der Waals surface area contributed by atoms with Crippen molar-refractivity contribution in [3.8, 4) is 0 Å². The molecule has 1 unspecified atom stereocenters. The average Bonchev–Trinajstić information content (AvgIpc) is 2.30. The molecule has 2 nitrogen and oxygen atoms in total. The third-order valence-electron chi connectivity index (χ3n) is 2.32. The van der Waals surface area contributed by atoms with E-state index in [-0.39, 0.29) is 0 Å². The molecule has 0 fully saturated rings. The van der Waals surface area contributed by atoms with Gasteiger partial charge in [-0.25, -0.2) is 4.79 Å². The molecule has 1 rings (SSSR count). The van der Waals surface area contributed by atoms with E-state index in [4.69, 9.17) is 0 Å². The van der Waals surface area contributed by atoms with Crippen LogP contribution in [0.3, 0.4) is 0 Å². The summed E-state index contributed by atoms with van der Waals surface area (Å²) in [5.41, 5.74) is 1.65. The second-order valence-electron chi connectivity index (χ2n) is 3.23. The molecule has 0 aliphatic heterocycles. The molecule has 0 saturated heterocycles. The molecule has 0 saturated carbocycles. The van der Waals surface area contributed by atoms with Gasteiger partial charge in [-0.1, -0.05) is 43.8 Å². The van der Waals surface area contributed by atoms with Gasteiger partial charge in [-0.3, -0.25) is 4.94 Å². The van der Waals surface area contributed by atoms with E-state index in [0.717, 1.165) is 11.1 Å². The van der Waals surface area contributed by atoms with Crippen LogP contribution in [0.25, 0.3) is 6.08 Å². The Balaban J connectivity index is 3.01. The molecule has 15 heavy (non-hydrogen) atoms. The number of carbonyl (C=O) groups is 1. The number of benzene rings is 1. The first-order valence-corrected chi connectivity index (χ1v) is 4.77. The molecule has 0 aromatic heterocycles. The van der Waals surface area contributed by atoms with Crippen LogP contribution in [0.4, 0.5) is 4.53 Å². The summed E-state index contributed by atoms with van der Waals surface area (Å²) in [5, 5.41) is 0. The fourth-order valence-corrected chi connectivity index (χ4v) is 1.49. The number of carbonyl (C=O) groups excluding carboxylic acids is 1. The minimum Gasteiger partial charge on any atom is -0.254 e. The minimum absolute atomic E-state index is 0.503. The van der Waals surface area contributed by atoms with Gasteiger partial charge in [0.05, 0.1) is 5.92 Å². The van der Waals surface area contributed by atoms with Gasteiger partial charge in [0.2, 0.25) is 0 Å². The summed E-state index contributed by atoms with van der Waals surface area (Å²) in [5.74, 6) is -1.39. The van der Waals surface area contributed by atoms with Crippen molar-refractivity contribution in [1.29, 1.82) is 0 Å². The van der Waals surface area contributed by atoms with E-state index in [2.05, 4.69) is 11.5 Å². The average molecular weight is 208 g/mol. The van der Waals surface area contributed by atoms with Gasteiger partial charge in [0.1, 0.15) is 0 Å². The Hall–Kier alpha value is -1.64. The van der Waals surface area contributed by atoms with E-state index in [1.165, 1.54) is 0 Å². The number of rotatable bonds is 4. The number of hydrogen-bond acceptors (Lipinski definition) is 2. The van der Waals surface area contributed by atoms with Gasteiger partial charge in [-0.05, 0) is 17.5 Å². The first-order valence-electron chi connectivity index (χ1n) is 4.77. The van der Waals surface area contributed by atoms with Crippen molar-refractivity contribution in [2.45, 2.75) is 19.3 Å². The lowest BCUT2D eigenvalue weighted by atomic mass is 9.95. The van der Waals surface area contributed by atoms with Gasteiger partial charge in [0.15, 0.2) is 0 Å². The van der Waals surface area contributed by atoms with Gasteiger partial charge in [-0.2, -0.15) is 0 Å². The largest absolute Gasteiger partial charge is 0.356 e. The molecule has 1 atom stereocenters. The lowest BCUT2D eigenvalue weighted by Crippen LogP contribution is -2.11. The smallest absolute Gasteiger partial charge is 0.254 e. The molecule has 1 aromatic carbocycles. The molecule has 1 aromatic rings. The van der Waals surface area contributed by atoms with Crippen LogP contribution < -0.4 is 0 Å². The topological polar surface area (TPSA) is 26.3 Å². The molecule has 0 N–H and O–H groups in total. The second kappa shape index (κ2) is 5.29. The highest BCUT2D eigenvalue weighted by molar-refractivity contribution is 5.77. The first kappa shape index (κ1) is 11.4. The Morgan fingerprint density at radius 3 is 2.93 bits per heavy atom. The Kier molecular flexibility index (Phi) is 4.03. The lowest BCUT2D eigenvalue weighted by Gasteiger charge is -2.10. The van der Waals surface area contributed by atoms with Crippen LogP contribution in [0, 0.1) is 0 Å². The van der Waals surface area contributed by atoms with Crippen molar-refractivity contribution in [2.24, 2.45) is 0 Å². The summed E-state index contributed by atoms with van der Waals surface area (Å²) in [6, 6.07) is 7.25. The van der Waals surface area contributed by atoms with E-state index in [9.17, 15) is 9.32 Å². The van der Waals surface area contributed by atoms with Gasteiger partial charge in [0.25, 0.3) is 0 Å². The van der Waals surface area contributed by atoms with Crippen LogP contribution in [0.5, 0.6) is 0 Å². The second-order valence-corrected chi connectivity index (χ2v) is 3.23. The SMILES string of the molecule is C=Cc1cccc(C(CC)C(=O)OF)c1. The number of halogens is 1. The van der Waals surface area contributed by atoms with Crippen LogP contribution in [0.1, 0.15) is 30.4 Å². The highest BCUT2D eigenvalue weighted by Gasteiger charge is 2.21. The first-order chi connectivity index (χ1) is 7.22. The third-order valence-corrected chi connectivity index (χ3v) is 2.32. The van der Waals surface area contributed by atoms with E-state index < -0.39 is 11.9 Å². The third kappa shape index (κ3) is 2.65. The summed E-state index contributed by atoms with van der Waals surface area (Å²) >= 11 is 0.